The van der Waals surface area contributed by atoms with E-state index in [2.05, 4.69) is 15.0 Å². The first-order valence-electron chi connectivity index (χ1n) is 8.36. The Hall–Kier alpha value is -2.12. The predicted octanol–water partition coefficient (Wildman–Crippen LogP) is 3.09. The summed E-state index contributed by atoms with van der Waals surface area (Å²) < 4.78 is 33.3. The van der Waals surface area contributed by atoms with Crippen molar-refractivity contribution in [2.45, 2.75) is 37.7 Å². The number of nitrogens with one attached hydrogen (secondary N) is 2. The smallest absolute Gasteiger partial charge is 0.262 e. The first kappa shape index (κ1) is 17.7. The molecule has 3 rings (SSSR count). The third kappa shape index (κ3) is 4.49. The molecule has 1 aliphatic rings. The Kier molecular flexibility index (Phi) is 5.24. The van der Waals surface area contributed by atoms with Crippen LogP contribution in [-0.4, -0.2) is 32.7 Å². The third-order valence-corrected chi connectivity index (χ3v) is 5.71. The monoisotopic (exact) mass is 361 g/mol. The molecule has 0 aliphatic carbocycles. The molecule has 134 valence electrons. The number of ether oxygens (including phenoxy) is 1. The molecule has 7 heteroatoms. The van der Waals surface area contributed by atoms with Crippen molar-refractivity contribution in [2.24, 2.45) is 0 Å². The molecule has 0 amide bonds. The van der Waals surface area contributed by atoms with Crippen LogP contribution in [0.4, 0.5) is 11.5 Å². The highest BCUT2D eigenvalue weighted by Crippen LogP contribution is 2.21. The maximum Gasteiger partial charge on any atom is 0.262 e. The van der Waals surface area contributed by atoms with Crippen molar-refractivity contribution >= 4 is 21.5 Å². The van der Waals surface area contributed by atoms with E-state index in [1.165, 1.54) is 6.20 Å². The van der Waals surface area contributed by atoms with Crippen LogP contribution < -0.4 is 10.0 Å². The minimum absolute atomic E-state index is 0.226. The fourth-order valence-electron chi connectivity index (χ4n) is 2.79. The minimum atomic E-state index is -3.64. The van der Waals surface area contributed by atoms with Gasteiger partial charge in [-0.3, -0.25) is 4.72 Å². The van der Waals surface area contributed by atoms with Crippen LogP contribution in [0.2, 0.25) is 0 Å². The fourth-order valence-corrected chi connectivity index (χ4v) is 4.16. The summed E-state index contributed by atoms with van der Waals surface area (Å²) in [7, 11) is -3.64. The lowest BCUT2D eigenvalue weighted by molar-refractivity contribution is 0.120. The second-order valence-electron chi connectivity index (χ2n) is 6.32. The molecule has 25 heavy (non-hydrogen) atoms. The summed E-state index contributed by atoms with van der Waals surface area (Å²) in [4.78, 5) is 4.55. The van der Waals surface area contributed by atoms with Crippen LogP contribution in [0.1, 0.15) is 24.0 Å². The van der Waals surface area contributed by atoms with Gasteiger partial charge in [-0.1, -0.05) is 12.1 Å². The highest BCUT2D eigenvalue weighted by Gasteiger charge is 2.18. The van der Waals surface area contributed by atoms with Gasteiger partial charge in [0.05, 0.1) is 22.9 Å². The Balaban J connectivity index is 1.66. The highest BCUT2D eigenvalue weighted by atomic mass is 32.2. The maximum absolute atomic E-state index is 12.6. The van der Waals surface area contributed by atoms with Crippen molar-refractivity contribution < 1.29 is 13.2 Å². The van der Waals surface area contributed by atoms with Crippen LogP contribution in [0.3, 0.4) is 0 Å². The van der Waals surface area contributed by atoms with Crippen LogP contribution in [0.5, 0.6) is 0 Å². The van der Waals surface area contributed by atoms with Crippen LogP contribution in [-0.2, 0) is 14.8 Å². The number of benzene rings is 1. The van der Waals surface area contributed by atoms with Crippen molar-refractivity contribution in [1.29, 1.82) is 0 Å². The molecule has 1 aliphatic heterocycles. The highest BCUT2D eigenvalue weighted by molar-refractivity contribution is 7.92. The number of rotatable bonds is 6. The zero-order valence-electron chi connectivity index (χ0n) is 14.5. The Labute approximate surface area is 148 Å². The molecule has 0 saturated carbocycles. The SMILES string of the molecule is Cc1ccc(C)c(S(=O)(=O)Nc2ccc(NCC3CCCO3)nc2)c1. The van der Waals surface area contributed by atoms with E-state index >= 15 is 0 Å². The average Bonchev–Trinajstić information content (AvgIpc) is 3.09. The standard InChI is InChI=1S/C18H23N3O3S/c1-13-5-6-14(2)17(10-13)25(22,23)21-15-7-8-18(19-11-15)20-12-16-4-3-9-24-16/h5-8,10-11,16,21H,3-4,9,12H2,1-2H3,(H,19,20). The van der Waals surface area contributed by atoms with Gasteiger partial charge in [-0.15, -0.1) is 0 Å². The number of pyridine rings is 1. The quantitative estimate of drug-likeness (QED) is 0.826. The van der Waals surface area contributed by atoms with Crippen molar-refractivity contribution in [1.82, 2.24) is 4.98 Å². The molecule has 6 nitrogen and oxygen atoms in total. The van der Waals surface area contributed by atoms with Gasteiger partial charge >= 0.3 is 0 Å². The van der Waals surface area contributed by atoms with Crippen LogP contribution in [0.15, 0.2) is 41.4 Å². The van der Waals surface area contributed by atoms with E-state index in [4.69, 9.17) is 4.74 Å². The molecule has 0 spiro atoms. The van der Waals surface area contributed by atoms with Crippen LogP contribution in [0, 0.1) is 13.8 Å². The molecule has 1 unspecified atom stereocenters. The molecule has 0 bridgehead atoms. The van der Waals surface area contributed by atoms with Crippen molar-refractivity contribution in [3.63, 3.8) is 0 Å². The molecule has 0 radical (unpaired) electrons. The van der Waals surface area contributed by atoms with Crippen molar-refractivity contribution in [3.05, 3.63) is 47.7 Å². The number of hydrogen-bond donors (Lipinski definition) is 2. The molecule has 1 saturated heterocycles. The van der Waals surface area contributed by atoms with Crippen molar-refractivity contribution in [2.75, 3.05) is 23.2 Å². The summed E-state index contributed by atoms with van der Waals surface area (Å²) in [6.07, 6.45) is 3.89. The Morgan fingerprint density at radius 1 is 1.24 bits per heavy atom. The van der Waals surface area contributed by atoms with E-state index in [1.807, 2.05) is 13.0 Å². The average molecular weight is 361 g/mol. The number of hydrogen-bond acceptors (Lipinski definition) is 5. The normalized spacial score (nSPS) is 17.4. The summed E-state index contributed by atoms with van der Waals surface area (Å²) in [5.41, 5.74) is 2.04. The number of anilines is 2. The Morgan fingerprint density at radius 3 is 2.76 bits per heavy atom. The summed E-state index contributed by atoms with van der Waals surface area (Å²) >= 11 is 0. The van der Waals surface area contributed by atoms with Gasteiger partial charge in [0.2, 0.25) is 0 Å². The van der Waals surface area contributed by atoms with Gasteiger partial charge in [-0.25, -0.2) is 13.4 Å². The molecule has 1 atom stereocenters. The second kappa shape index (κ2) is 7.41. The first-order valence-corrected chi connectivity index (χ1v) is 9.84. The van der Waals surface area contributed by atoms with E-state index in [1.54, 1.807) is 31.2 Å². The van der Waals surface area contributed by atoms with Gasteiger partial charge in [-0.05, 0) is 56.0 Å². The Bertz CT molecular complexity index is 829. The Morgan fingerprint density at radius 2 is 2.08 bits per heavy atom. The number of nitrogens with zero attached hydrogens (tertiary/aromatic N) is 1. The third-order valence-electron chi connectivity index (χ3n) is 4.18. The van der Waals surface area contributed by atoms with E-state index in [0.717, 1.165) is 25.0 Å². The first-order chi connectivity index (χ1) is 11.9. The molecule has 1 aromatic carbocycles. The van der Waals surface area contributed by atoms with Gasteiger partial charge in [-0.2, -0.15) is 0 Å². The zero-order valence-corrected chi connectivity index (χ0v) is 15.3. The molecule has 2 heterocycles. The topological polar surface area (TPSA) is 80.3 Å². The number of aromatic nitrogens is 1. The number of sulfonamides is 1. The van der Waals surface area contributed by atoms with Gasteiger partial charge in [0.1, 0.15) is 5.82 Å². The van der Waals surface area contributed by atoms with Crippen LogP contribution >= 0.6 is 0 Å². The maximum atomic E-state index is 12.6. The fraction of sp³-hybridized carbons (Fsp3) is 0.389. The lowest BCUT2D eigenvalue weighted by Crippen LogP contribution is -2.19. The van der Waals surface area contributed by atoms with Crippen LogP contribution in [0.25, 0.3) is 0 Å². The molecule has 1 fully saturated rings. The van der Waals surface area contributed by atoms with Gasteiger partial charge in [0.25, 0.3) is 10.0 Å². The minimum Gasteiger partial charge on any atom is -0.376 e. The molecule has 1 aromatic heterocycles. The summed E-state index contributed by atoms with van der Waals surface area (Å²) in [6, 6.07) is 8.83. The molecule has 2 aromatic rings. The summed E-state index contributed by atoms with van der Waals surface area (Å²) in [6.45, 7) is 5.18. The van der Waals surface area contributed by atoms with E-state index in [0.29, 0.717) is 23.6 Å². The molecular formula is C18H23N3O3S. The lowest BCUT2D eigenvalue weighted by atomic mass is 10.2. The lowest BCUT2D eigenvalue weighted by Gasteiger charge is -2.13. The summed E-state index contributed by atoms with van der Waals surface area (Å²) in [5, 5.41) is 3.21. The van der Waals surface area contributed by atoms with E-state index in [-0.39, 0.29) is 11.0 Å². The molecule has 2 N–H and O–H groups in total. The number of aryl methyl sites for hydroxylation is 2. The van der Waals surface area contributed by atoms with Gasteiger partial charge in [0.15, 0.2) is 0 Å². The summed E-state index contributed by atoms with van der Waals surface area (Å²) in [5.74, 6) is 0.699. The molecular weight excluding hydrogens is 338 g/mol. The van der Waals surface area contributed by atoms with Gasteiger partial charge in [0, 0.05) is 13.2 Å². The van der Waals surface area contributed by atoms with E-state index < -0.39 is 10.0 Å². The van der Waals surface area contributed by atoms with E-state index in [9.17, 15) is 8.42 Å². The van der Waals surface area contributed by atoms with Crippen molar-refractivity contribution in [3.8, 4) is 0 Å². The van der Waals surface area contributed by atoms with Gasteiger partial charge < -0.3 is 10.1 Å². The predicted molar refractivity (Wildman–Crippen MR) is 98.4 cm³/mol. The second-order valence-corrected chi connectivity index (χ2v) is 7.97. The largest absolute Gasteiger partial charge is 0.376 e. The zero-order chi connectivity index (χ0) is 17.9.